The molecule has 0 radical (unpaired) electrons. The largest absolute Gasteiger partial charge is 0.492 e. The fraction of sp³-hybridized carbons (Fsp3) is 0.727. The van der Waals surface area contributed by atoms with Crippen LogP contribution in [-0.4, -0.2) is 85.9 Å². The van der Waals surface area contributed by atoms with Gasteiger partial charge in [0, 0.05) is 52.4 Å². The van der Waals surface area contributed by atoms with Crippen molar-refractivity contribution in [3.05, 3.63) is 29.8 Å². The third kappa shape index (κ3) is 5.02. The molecule has 3 fully saturated rings. The number of piperazine rings is 1. The highest BCUT2D eigenvalue weighted by Crippen LogP contribution is 2.36. The highest BCUT2D eigenvalue weighted by molar-refractivity contribution is 5.27. The van der Waals surface area contributed by atoms with Gasteiger partial charge in [0.05, 0.1) is 12.2 Å². The normalized spacial score (nSPS) is 24.0. The maximum Gasteiger partial charge on any atom is 0.119 e. The van der Waals surface area contributed by atoms with Crippen LogP contribution in [0.25, 0.3) is 0 Å². The molecule has 3 aliphatic rings. The van der Waals surface area contributed by atoms with E-state index in [2.05, 4.69) is 45.9 Å². The van der Waals surface area contributed by atoms with Crippen molar-refractivity contribution in [3.63, 3.8) is 0 Å². The lowest BCUT2D eigenvalue weighted by molar-refractivity contribution is -0.173. The number of ether oxygens (including phenoxy) is 2. The molecular formula is C22H35N3O2. The summed E-state index contributed by atoms with van der Waals surface area (Å²) in [6, 6.07) is 8.70. The monoisotopic (exact) mass is 373 g/mol. The van der Waals surface area contributed by atoms with E-state index in [1.165, 1.54) is 44.5 Å². The van der Waals surface area contributed by atoms with E-state index in [0.29, 0.717) is 0 Å². The van der Waals surface area contributed by atoms with Crippen LogP contribution < -0.4 is 4.74 Å². The molecular weight excluding hydrogens is 338 g/mol. The van der Waals surface area contributed by atoms with E-state index in [1.807, 2.05) is 0 Å². The highest BCUT2D eigenvalue weighted by Gasteiger charge is 2.40. The predicted octanol–water partition coefficient (Wildman–Crippen LogP) is 2.46. The quantitative estimate of drug-likeness (QED) is 0.732. The fourth-order valence-corrected chi connectivity index (χ4v) is 4.47. The number of hydrogen-bond acceptors (Lipinski definition) is 5. The van der Waals surface area contributed by atoms with Crippen molar-refractivity contribution in [1.29, 1.82) is 0 Å². The van der Waals surface area contributed by atoms with Gasteiger partial charge in [-0.1, -0.05) is 19.1 Å². The number of piperidine rings is 1. The van der Waals surface area contributed by atoms with Crippen molar-refractivity contribution >= 4 is 0 Å². The lowest BCUT2D eigenvalue weighted by Crippen LogP contribution is -2.52. The molecule has 0 amide bonds. The molecule has 0 saturated carbocycles. The lowest BCUT2D eigenvalue weighted by Gasteiger charge is -2.47. The van der Waals surface area contributed by atoms with E-state index in [1.54, 1.807) is 0 Å². The lowest BCUT2D eigenvalue weighted by atomic mass is 9.84. The summed E-state index contributed by atoms with van der Waals surface area (Å²) in [6.45, 7) is 14.2. The van der Waals surface area contributed by atoms with E-state index in [9.17, 15) is 0 Å². The Morgan fingerprint density at radius 3 is 2.15 bits per heavy atom. The van der Waals surface area contributed by atoms with E-state index < -0.39 is 0 Å². The molecule has 0 aromatic heterocycles. The zero-order chi connectivity index (χ0) is 18.5. The van der Waals surface area contributed by atoms with Gasteiger partial charge in [-0.2, -0.15) is 0 Å². The summed E-state index contributed by atoms with van der Waals surface area (Å²) in [5, 5.41) is 0. The van der Waals surface area contributed by atoms with Gasteiger partial charge >= 0.3 is 0 Å². The third-order valence-electron chi connectivity index (χ3n) is 6.65. The van der Waals surface area contributed by atoms with Crippen LogP contribution in [0.1, 0.15) is 31.7 Å². The Balaban J connectivity index is 1.15. The Hall–Kier alpha value is -1.14. The van der Waals surface area contributed by atoms with Crippen molar-refractivity contribution in [2.24, 2.45) is 0 Å². The van der Waals surface area contributed by atoms with Gasteiger partial charge in [0.25, 0.3) is 0 Å². The van der Waals surface area contributed by atoms with Crippen LogP contribution in [0.4, 0.5) is 0 Å². The van der Waals surface area contributed by atoms with Gasteiger partial charge in [0.2, 0.25) is 0 Å². The van der Waals surface area contributed by atoms with Crippen molar-refractivity contribution in [2.45, 2.75) is 38.3 Å². The Labute approximate surface area is 164 Å². The first-order valence-corrected chi connectivity index (χ1v) is 10.8. The average molecular weight is 374 g/mol. The Morgan fingerprint density at radius 1 is 0.889 bits per heavy atom. The number of rotatable bonds is 7. The second kappa shape index (κ2) is 8.91. The van der Waals surface area contributed by atoms with Gasteiger partial charge in [-0.15, -0.1) is 0 Å². The van der Waals surface area contributed by atoms with Crippen LogP contribution in [0.15, 0.2) is 24.3 Å². The predicted molar refractivity (Wildman–Crippen MR) is 108 cm³/mol. The second-order valence-electron chi connectivity index (χ2n) is 8.33. The van der Waals surface area contributed by atoms with Crippen LogP contribution in [0.5, 0.6) is 5.75 Å². The summed E-state index contributed by atoms with van der Waals surface area (Å²) in [5.74, 6) is 0.992. The van der Waals surface area contributed by atoms with Crippen LogP contribution in [-0.2, 0) is 11.3 Å². The standard InChI is InChI=1S/C22H35N3O2/c1-2-23-12-14-24(15-13-23)16-18-26-21-5-3-20(4-6-21)19-25-10-7-22(8-11-25)9-17-27-22/h3-6H,2,7-19H2,1H3. The molecule has 4 rings (SSSR count). The molecule has 0 N–H and O–H groups in total. The van der Waals surface area contributed by atoms with Crippen LogP contribution in [0.2, 0.25) is 0 Å². The molecule has 0 bridgehead atoms. The summed E-state index contributed by atoms with van der Waals surface area (Å²) in [4.78, 5) is 7.58. The molecule has 5 nitrogen and oxygen atoms in total. The summed E-state index contributed by atoms with van der Waals surface area (Å²) in [5.41, 5.74) is 1.63. The highest BCUT2D eigenvalue weighted by atomic mass is 16.5. The first kappa shape index (κ1) is 19.2. The Morgan fingerprint density at radius 2 is 1.56 bits per heavy atom. The Kier molecular flexibility index (Phi) is 6.33. The van der Waals surface area contributed by atoms with Crippen LogP contribution in [0, 0.1) is 0 Å². The molecule has 0 aliphatic carbocycles. The molecule has 0 unspecified atom stereocenters. The van der Waals surface area contributed by atoms with Crippen LogP contribution in [0.3, 0.4) is 0 Å². The molecule has 0 atom stereocenters. The minimum Gasteiger partial charge on any atom is -0.492 e. The summed E-state index contributed by atoms with van der Waals surface area (Å²) in [6.07, 6.45) is 3.66. The minimum atomic E-state index is 0.247. The molecule has 1 spiro atoms. The van der Waals surface area contributed by atoms with E-state index in [4.69, 9.17) is 9.47 Å². The fourth-order valence-electron chi connectivity index (χ4n) is 4.47. The SMILES string of the molecule is CCN1CCN(CCOc2ccc(CN3CCC4(CCO4)CC3)cc2)CC1. The topological polar surface area (TPSA) is 28.2 Å². The maximum absolute atomic E-state index is 5.97. The van der Waals surface area contributed by atoms with Gasteiger partial charge in [0.1, 0.15) is 12.4 Å². The third-order valence-corrected chi connectivity index (χ3v) is 6.65. The molecule has 3 saturated heterocycles. The zero-order valence-electron chi connectivity index (χ0n) is 16.9. The molecule has 5 heteroatoms. The van der Waals surface area contributed by atoms with Crippen molar-refractivity contribution < 1.29 is 9.47 Å². The van der Waals surface area contributed by atoms with Gasteiger partial charge < -0.3 is 14.4 Å². The number of benzene rings is 1. The summed E-state index contributed by atoms with van der Waals surface area (Å²) >= 11 is 0. The first-order chi connectivity index (χ1) is 13.2. The maximum atomic E-state index is 5.97. The zero-order valence-corrected chi connectivity index (χ0v) is 16.9. The van der Waals surface area contributed by atoms with Gasteiger partial charge in [0.15, 0.2) is 0 Å². The van der Waals surface area contributed by atoms with E-state index in [-0.39, 0.29) is 5.60 Å². The average Bonchev–Trinajstić information content (AvgIpc) is 2.69. The summed E-state index contributed by atoms with van der Waals surface area (Å²) in [7, 11) is 0. The van der Waals surface area contributed by atoms with Gasteiger partial charge in [-0.3, -0.25) is 9.80 Å². The molecule has 1 aromatic carbocycles. The van der Waals surface area contributed by atoms with Crippen molar-refractivity contribution in [1.82, 2.24) is 14.7 Å². The first-order valence-electron chi connectivity index (χ1n) is 10.8. The molecule has 3 aliphatic heterocycles. The number of hydrogen-bond donors (Lipinski definition) is 0. The van der Waals surface area contributed by atoms with Crippen molar-refractivity contribution in [2.75, 3.05) is 65.6 Å². The molecule has 3 heterocycles. The number of nitrogens with zero attached hydrogens (tertiary/aromatic N) is 3. The smallest absolute Gasteiger partial charge is 0.119 e. The van der Waals surface area contributed by atoms with Gasteiger partial charge in [-0.05, 0) is 43.5 Å². The van der Waals surface area contributed by atoms with Crippen molar-refractivity contribution in [3.8, 4) is 5.75 Å². The number of likely N-dealkylation sites (N-methyl/N-ethyl adjacent to an activating group) is 1. The van der Waals surface area contributed by atoms with E-state index >= 15 is 0 Å². The van der Waals surface area contributed by atoms with Crippen LogP contribution >= 0.6 is 0 Å². The molecule has 27 heavy (non-hydrogen) atoms. The molecule has 150 valence electrons. The number of likely N-dealkylation sites (tertiary alicyclic amines) is 1. The summed E-state index contributed by atoms with van der Waals surface area (Å²) < 4.78 is 11.8. The van der Waals surface area contributed by atoms with Gasteiger partial charge in [-0.25, -0.2) is 0 Å². The van der Waals surface area contributed by atoms with E-state index in [0.717, 1.165) is 58.2 Å². The molecule has 1 aromatic rings. The second-order valence-corrected chi connectivity index (χ2v) is 8.33. The minimum absolute atomic E-state index is 0.247. The Bertz CT molecular complexity index is 570.